The predicted molar refractivity (Wildman–Crippen MR) is 80.3 cm³/mol. The van der Waals surface area contributed by atoms with Gasteiger partial charge in [-0.2, -0.15) is 0 Å². The van der Waals surface area contributed by atoms with Gasteiger partial charge in [-0.05, 0) is 47.1 Å². The van der Waals surface area contributed by atoms with E-state index in [2.05, 4.69) is 20.9 Å². The summed E-state index contributed by atoms with van der Waals surface area (Å²) in [6.45, 7) is 2.34. The van der Waals surface area contributed by atoms with Crippen molar-refractivity contribution < 1.29 is 4.74 Å². The maximum absolute atomic E-state index is 5.97. The van der Waals surface area contributed by atoms with Crippen molar-refractivity contribution in [3.8, 4) is 5.75 Å². The first-order valence-corrected chi connectivity index (χ1v) is 7.00. The van der Waals surface area contributed by atoms with Gasteiger partial charge < -0.3 is 10.5 Å². The fourth-order valence-corrected chi connectivity index (χ4v) is 2.30. The summed E-state index contributed by atoms with van der Waals surface area (Å²) in [5.74, 6) is 0.749. The minimum absolute atomic E-state index is 0.130. The molecule has 2 N–H and O–H groups in total. The quantitative estimate of drug-likeness (QED) is 0.911. The van der Waals surface area contributed by atoms with Crippen LogP contribution in [0.3, 0.4) is 0 Å². The number of ether oxygens (including phenoxy) is 1. The standard InChI is InChI=1S/C14H14BrClN2O/c1-9(17)13-5-12(16)2-3-14(13)19-8-10-4-11(15)7-18-6-10/h2-7,9H,8,17H2,1H3/t9-/m0/s1. The molecule has 0 radical (unpaired) electrons. The van der Waals surface area contributed by atoms with Gasteiger partial charge in [0, 0.05) is 39.1 Å². The van der Waals surface area contributed by atoms with E-state index in [1.807, 2.05) is 25.1 Å². The third-order valence-electron chi connectivity index (χ3n) is 2.62. The number of halogens is 2. The number of hydrogen-bond donors (Lipinski definition) is 1. The van der Waals surface area contributed by atoms with Crippen LogP contribution in [0.2, 0.25) is 5.02 Å². The molecule has 0 aliphatic carbocycles. The zero-order chi connectivity index (χ0) is 13.8. The first-order chi connectivity index (χ1) is 9.06. The Balaban J connectivity index is 2.15. The largest absolute Gasteiger partial charge is 0.489 e. The summed E-state index contributed by atoms with van der Waals surface area (Å²) in [4.78, 5) is 4.10. The van der Waals surface area contributed by atoms with Gasteiger partial charge in [0.2, 0.25) is 0 Å². The van der Waals surface area contributed by atoms with E-state index in [1.54, 1.807) is 18.5 Å². The van der Waals surface area contributed by atoms with Crippen LogP contribution in [0, 0.1) is 0 Å². The Morgan fingerprint density at radius 1 is 1.37 bits per heavy atom. The van der Waals surface area contributed by atoms with Crippen LogP contribution in [0.1, 0.15) is 24.1 Å². The first kappa shape index (κ1) is 14.3. The molecular weight excluding hydrogens is 328 g/mol. The van der Waals surface area contributed by atoms with Gasteiger partial charge >= 0.3 is 0 Å². The third-order valence-corrected chi connectivity index (χ3v) is 3.29. The predicted octanol–water partition coefficient (Wildman–Crippen LogP) is 4.10. The average molecular weight is 342 g/mol. The second kappa shape index (κ2) is 6.37. The lowest BCUT2D eigenvalue weighted by Gasteiger charge is -2.14. The lowest BCUT2D eigenvalue weighted by atomic mass is 10.1. The van der Waals surface area contributed by atoms with Crippen LogP contribution in [0.5, 0.6) is 5.75 Å². The normalized spacial score (nSPS) is 12.2. The van der Waals surface area contributed by atoms with Crippen LogP contribution in [0.25, 0.3) is 0 Å². The molecule has 1 aromatic heterocycles. The van der Waals surface area contributed by atoms with Crippen LogP contribution in [0.4, 0.5) is 0 Å². The average Bonchev–Trinajstić information content (AvgIpc) is 2.37. The number of hydrogen-bond acceptors (Lipinski definition) is 3. The Hall–Kier alpha value is -1.10. The summed E-state index contributed by atoms with van der Waals surface area (Å²) in [7, 11) is 0. The van der Waals surface area contributed by atoms with Crippen molar-refractivity contribution in [1.82, 2.24) is 4.98 Å². The van der Waals surface area contributed by atoms with E-state index in [9.17, 15) is 0 Å². The van der Waals surface area contributed by atoms with Crippen molar-refractivity contribution in [2.75, 3.05) is 0 Å². The molecule has 1 heterocycles. The summed E-state index contributed by atoms with van der Waals surface area (Å²) >= 11 is 9.35. The molecule has 1 aromatic carbocycles. The smallest absolute Gasteiger partial charge is 0.124 e. The van der Waals surface area contributed by atoms with Crippen molar-refractivity contribution in [2.24, 2.45) is 5.73 Å². The molecule has 19 heavy (non-hydrogen) atoms. The molecule has 0 aliphatic heterocycles. The maximum atomic E-state index is 5.97. The molecule has 0 saturated heterocycles. The number of rotatable bonds is 4. The molecule has 2 aromatic rings. The molecular formula is C14H14BrClN2O. The lowest BCUT2D eigenvalue weighted by Crippen LogP contribution is -2.08. The van der Waals surface area contributed by atoms with Crippen LogP contribution in [-0.2, 0) is 6.61 Å². The summed E-state index contributed by atoms with van der Waals surface area (Å²) in [5, 5.41) is 0.656. The summed E-state index contributed by atoms with van der Waals surface area (Å²) in [6.07, 6.45) is 3.51. The van der Waals surface area contributed by atoms with E-state index < -0.39 is 0 Å². The Morgan fingerprint density at radius 2 is 2.16 bits per heavy atom. The van der Waals surface area contributed by atoms with Gasteiger partial charge in [-0.3, -0.25) is 4.98 Å². The summed E-state index contributed by atoms with van der Waals surface area (Å²) < 4.78 is 6.72. The Morgan fingerprint density at radius 3 is 2.84 bits per heavy atom. The summed E-state index contributed by atoms with van der Waals surface area (Å²) in [5.41, 5.74) is 7.80. The topological polar surface area (TPSA) is 48.1 Å². The zero-order valence-corrected chi connectivity index (χ0v) is 12.8. The van der Waals surface area contributed by atoms with Crippen LogP contribution >= 0.6 is 27.5 Å². The zero-order valence-electron chi connectivity index (χ0n) is 10.4. The second-order valence-corrected chi connectivity index (χ2v) is 5.62. The fraction of sp³-hybridized carbons (Fsp3) is 0.214. The van der Waals surface area contributed by atoms with E-state index in [-0.39, 0.29) is 6.04 Å². The SMILES string of the molecule is C[C@H](N)c1cc(Cl)ccc1OCc1cncc(Br)c1. The highest BCUT2D eigenvalue weighted by molar-refractivity contribution is 9.10. The highest BCUT2D eigenvalue weighted by Gasteiger charge is 2.09. The van der Waals surface area contributed by atoms with Crippen molar-refractivity contribution >= 4 is 27.5 Å². The number of nitrogens with zero attached hydrogens (tertiary/aromatic N) is 1. The highest BCUT2D eigenvalue weighted by Crippen LogP contribution is 2.28. The van der Waals surface area contributed by atoms with Crippen molar-refractivity contribution in [1.29, 1.82) is 0 Å². The minimum Gasteiger partial charge on any atom is -0.489 e. The highest BCUT2D eigenvalue weighted by atomic mass is 79.9. The minimum atomic E-state index is -0.130. The molecule has 5 heteroatoms. The Labute approximate surface area is 125 Å². The van der Waals surface area contributed by atoms with Crippen molar-refractivity contribution in [3.63, 3.8) is 0 Å². The van der Waals surface area contributed by atoms with E-state index in [0.717, 1.165) is 21.3 Å². The molecule has 0 aliphatic rings. The van der Waals surface area contributed by atoms with E-state index in [1.165, 1.54) is 0 Å². The van der Waals surface area contributed by atoms with Gasteiger partial charge in [-0.15, -0.1) is 0 Å². The second-order valence-electron chi connectivity index (χ2n) is 4.27. The van der Waals surface area contributed by atoms with Gasteiger partial charge in [0.25, 0.3) is 0 Å². The molecule has 100 valence electrons. The molecule has 0 unspecified atom stereocenters. The first-order valence-electron chi connectivity index (χ1n) is 5.83. The number of nitrogens with two attached hydrogens (primary N) is 1. The Bertz CT molecular complexity index is 575. The number of benzene rings is 1. The third kappa shape index (κ3) is 3.93. The number of aromatic nitrogens is 1. The molecule has 0 fully saturated rings. The molecule has 1 atom stereocenters. The molecule has 2 rings (SSSR count). The molecule has 0 saturated carbocycles. The maximum Gasteiger partial charge on any atom is 0.124 e. The van der Waals surface area contributed by atoms with E-state index in [0.29, 0.717) is 11.6 Å². The molecule has 0 amide bonds. The van der Waals surface area contributed by atoms with Gasteiger partial charge in [0.15, 0.2) is 0 Å². The molecule has 3 nitrogen and oxygen atoms in total. The van der Waals surface area contributed by atoms with E-state index >= 15 is 0 Å². The Kier molecular flexibility index (Phi) is 4.80. The van der Waals surface area contributed by atoms with E-state index in [4.69, 9.17) is 22.1 Å². The lowest BCUT2D eigenvalue weighted by molar-refractivity contribution is 0.301. The molecule has 0 spiro atoms. The number of pyridine rings is 1. The van der Waals surface area contributed by atoms with Crippen LogP contribution in [0.15, 0.2) is 41.1 Å². The fourth-order valence-electron chi connectivity index (χ4n) is 1.70. The van der Waals surface area contributed by atoms with Gasteiger partial charge in [-0.25, -0.2) is 0 Å². The molecule has 0 bridgehead atoms. The van der Waals surface area contributed by atoms with Crippen LogP contribution < -0.4 is 10.5 Å². The van der Waals surface area contributed by atoms with Crippen LogP contribution in [-0.4, -0.2) is 4.98 Å². The van der Waals surface area contributed by atoms with Crippen molar-refractivity contribution in [3.05, 3.63) is 57.3 Å². The van der Waals surface area contributed by atoms with Gasteiger partial charge in [0.05, 0.1) is 0 Å². The van der Waals surface area contributed by atoms with Gasteiger partial charge in [-0.1, -0.05) is 11.6 Å². The monoisotopic (exact) mass is 340 g/mol. The van der Waals surface area contributed by atoms with Crippen molar-refractivity contribution in [2.45, 2.75) is 19.6 Å². The van der Waals surface area contributed by atoms with Gasteiger partial charge in [0.1, 0.15) is 12.4 Å². The summed E-state index contributed by atoms with van der Waals surface area (Å²) in [6, 6.07) is 7.30.